The summed E-state index contributed by atoms with van der Waals surface area (Å²) in [5.74, 6) is 0.0847. The standard InChI is InChI=1S/C24H28N6O3S/c1-16(2)14-30-21(13-12-20(25)31)28-29-24(30)34-15-22(32)27-19-11-7-6-10-18(19)23(33)26-17-8-4-3-5-9-17/h3-11,16H,12-15H2,1-2H3,(H2,25,31)(H,26,33)(H,27,32). The number of para-hydroxylation sites is 2. The predicted octanol–water partition coefficient (Wildman–Crippen LogP) is 3.34. The maximum absolute atomic E-state index is 12.7. The third kappa shape index (κ3) is 7.17. The first-order chi connectivity index (χ1) is 16.3. The molecule has 0 radical (unpaired) electrons. The van der Waals surface area contributed by atoms with Crippen LogP contribution < -0.4 is 16.4 Å². The Morgan fingerprint density at radius 2 is 1.71 bits per heavy atom. The lowest BCUT2D eigenvalue weighted by Crippen LogP contribution is -2.20. The molecule has 0 aliphatic heterocycles. The summed E-state index contributed by atoms with van der Waals surface area (Å²) in [7, 11) is 0. The average molecular weight is 481 g/mol. The van der Waals surface area contributed by atoms with Crippen LogP contribution in [0.5, 0.6) is 0 Å². The number of hydrogen-bond donors (Lipinski definition) is 3. The normalized spacial score (nSPS) is 10.8. The topological polar surface area (TPSA) is 132 Å². The van der Waals surface area contributed by atoms with Gasteiger partial charge in [-0.1, -0.05) is 55.9 Å². The minimum Gasteiger partial charge on any atom is -0.370 e. The molecule has 2 aromatic carbocycles. The fourth-order valence-corrected chi connectivity index (χ4v) is 3.99. The first-order valence-corrected chi connectivity index (χ1v) is 11.9. The van der Waals surface area contributed by atoms with E-state index in [1.165, 1.54) is 11.8 Å². The molecule has 0 spiro atoms. The summed E-state index contributed by atoms with van der Waals surface area (Å²) in [5.41, 5.74) is 6.72. The van der Waals surface area contributed by atoms with Gasteiger partial charge in [0, 0.05) is 25.1 Å². The van der Waals surface area contributed by atoms with Crippen molar-refractivity contribution in [1.29, 1.82) is 0 Å². The number of rotatable bonds is 11. The molecule has 3 aromatic rings. The van der Waals surface area contributed by atoms with E-state index in [0.717, 1.165) is 0 Å². The van der Waals surface area contributed by atoms with E-state index < -0.39 is 5.91 Å². The highest BCUT2D eigenvalue weighted by atomic mass is 32.2. The Labute approximate surface area is 202 Å². The Morgan fingerprint density at radius 1 is 1.00 bits per heavy atom. The van der Waals surface area contributed by atoms with Crippen LogP contribution in [0.25, 0.3) is 0 Å². The summed E-state index contributed by atoms with van der Waals surface area (Å²) in [4.78, 5) is 36.6. The SMILES string of the molecule is CC(C)Cn1c(CCC(N)=O)nnc1SCC(=O)Nc1ccccc1C(=O)Nc1ccccc1. The van der Waals surface area contributed by atoms with Gasteiger partial charge in [0.15, 0.2) is 5.16 Å². The zero-order valence-corrected chi connectivity index (χ0v) is 20.0. The second kappa shape index (κ2) is 12.0. The van der Waals surface area contributed by atoms with Gasteiger partial charge in [-0.05, 0) is 30.2 Å². The van der Waals surface area contributed by atoms with Crippen molar-refractivity contribution in [3.05, 3.63) is 66.0 Å². The molecule has 0 fully saturated rings. The lowest BCUT2D eigenvalue weighted by atomic mass is 10.1. The van der Waals surface area contributed by atoms with Crippen LogP contribution in [-0.4, -0.2) is 38.2 Å². The molecule has 0 bridgehead atoms. The summed E-state index contributed by atoms with van der Waals surface area (Å²) in [5, 5.41) is 14.6. The molecule has 9 nitrogen and oxygen atoms in total. The van der Waals surface area contributed by atoms with E-state index in [4.69, 9.17) is 5.73 Å². The van der Waals surface area contributed by atoms with Gasteiger partial charge in [0.05, 0.1) is 17.0 Å². The summed E-state index contributed by atoms with van der Waals surface area (Å²) in [6.45, 7) is 4.79. The fourth-order valence-electron chi connectivity index (χ4n) is 3.22. The summed E-state index contributed by atoms with van der Waals surface area (Å²) in [6.07, 6.45) is 0.578. The van der Waals surface area contributed by atoms with Crippen LogP contribution in [0.3, 0.4) is 0 Å². The number of benzene rings is 2. The molecule has 0 aliphatic rings. The van der Waals surface area contributed by atoms with Crippen LogP contribution in [0.15, 0.2) is 59.8 Å². The molecule has 0 atom stereocenters. The highest BCUT2D eigenvalue weighted by Gasteiger charge is 2.17. The molecule has 1 heterocycles. The van der Waals surface area contributed by atoms with Gasteiger partial charge in [-0.15, -0.1) is 10.2 Å². The van der Waals surface area contributed by atoms with E-state index in [1.807, 2.05) is 22.8 Å². The third-order valence-corrected chi connectivity index (χ3v) is 5.71. The lowest BCUT2D eigenvalue weighted by molar-refractivity contribution is -0.118. The van der Waals surface area contributed by atoms with Gasteiger partial charge in [-0.2, -0.15) is 0 Å². The number of nitrogens with one attached hydrogen (secondary N) is 2. The molecule has 0 unspecified atom stereocenters. The number of primary amides is 1. The van der Waals surface area contributed by atoms with Crippen LogP contribution in [0.2, 0.25) is 0 Å². The quantitative estimate of drug-likeness (QED) is 0.361. The average Bonchev–Trinajstić information content (AvgIpc) is 3.18. The van der Waals surface area contributed by atoms with Gasteiger partial charge in [0.25, 0.3) is 5.91 Å². The van der Waals surface area contributed by atoms with Crippen molar-refractivity contribution in [3.63, 3.8) is 0 Å². The molecule has 10 heteroatoms. The second-order valence-corrected chi connectivity index (χ2v) is 9.01. The Morgan fingerprint density at radius 3 is 2.41 bits per heavy atom. The van der Waals surface area contributed by atoms with Crippen molar-refractivity contribution in [2.75, 3.05) is 16.4 Å². The number of anilines is 2. The molecular weight excluding hydrogens is 452 g/mol. The number of hydrogen-bond acceptors (Lipinski definition) is 6. The van der Waals surface area contributed by atoms with Crippen molar-refractivity contribution in [2.24, 2.45) is 11.7 Å². The Hall–Kier alpha value is -3.66. The van der Waals surface area contributed by atoms with E-state index in [-0.39, 0.29) is 24.0 Å². The maximum atomic E-state index is 12.7. The number of nitrogens with zero attached hydrogens (tertiary/aromatic N) is 3. The molecule has 3 rings (SSSR count). The van der Waals surface area contributed by atoms with E-state index in [2.05, 4.69) is 34.7 Å². The van der Waals surface area contributed by atoms with Gasteiger partial charge < -0.3 is 20.9 Å². The van der Waals surface area contributed by atoms with Crippen molar-refractivity contribution < 1.29 is 14.4 Å². The number of aryl methyl sites for hydroxylation is 1. The molecule has 178 valence electrons. The van der Waals surface area contributed by atoms with Gasteiger partial charge in [0.1, 0.15) is 5.82 Å². The minimum absolute atomic E-state index is 0.0840. The molecule has 3 amide bonds. The predicted molar refractivity (Wildman–Crippen MR) is 133 cm³/mol. The zero-order chi connectivity index (χ0) is 24.5. The fraction of sp³-hybridized carbons (Fsp3) is 0.292. The van der Waals surface area contributed by atoms with Gasteiger partial charge in [-0.25, -0.2) is 0 Å². The highest BCUT2D eigenvalue weighted by Crippen LogP contribution is 2.21. The van der Waals surface area contributed by atoms with Crippen LogP contribution >= 0.6 is 11.8 Å². The van der Waals surface area contributed by atoms with Crippen LogP contribution in [-0.2, 0) is 22.6 Å². The molecule has 34 heavy (non-hydrogen) atoms. The Bertz CT molecular complexity index is 1150. The summed E-state index contributed by atoms with van der Waals surface area (Å²) >= 11 is 1.25. The first kappa shape index (κ1) is 25.0. The van der Waals surface area contributed by atoms with Crippen LogP contribution in [0.4, 0.5) is 11.4 Å². The number of carbonyl (C=O) groups is 3. The largest absolute Gasteiger partial charge is 0.370 e. The van der Waals surface area contributed by atoms with Crippen molar-refractivity contribution in [3.8, 4) is 0 Å². The number of carbonyl (C=O) groups excluding carboxylic acids is 3. The Balaban J connectivity index is 1.65. The second-order valence-electron chi connectivity index (χ2n) is 8.07. The molecule has 0 aliphatic carbocycles. The zero-order valence-electron chi connectivity index (χ0n) is 19.2. The van der Waals surface area contributed by atoms with E-state index in [9.17, 15) is 14.4 Å². The smallest absolute Gasteiger partial charge is 0.257 e. The molecule has 1 aromatic heterocycles. The third-order valence-electron chi connectivity index (χ3n) is 4.75. The van der Waals surface area contributed by atoms with Crippen LogP contribution in [0, 0.1) is 5.92 Å². The van der Waals surface area contributed by atoms with Gasteiger partial charge in [-0.3, -0.25) is 14.4 Å². The minimum atomic E-state index is -0.400. The Kier molecular flexibility index (Phi) is 8.80. The summed E-state index contributed by atoms with van der Waals surface area (Å²) in [6, 6.07) is 16.0. The molecule has 0 saturated heterocycles. The van der Waals surface area contributed by atoms with Crippen LogP contribution in [0.1, 0.15) is 36.5 Å². The summed E-state index contributed by atoms with van der Waals surface area (Å²) < 4.78 is 1.92. The number of aromatic nitrogens is 3. The molecular formula is C24H28N6O3S. The van der Waals surface area contributed by atoms with Crippen molar-refractivity contribution in [1.82, 2.24) is 14.8 Å². The monoisotopic (exact) mass is 480 g/mol. The maximum Gasteiger partial charge on any atom is 0.257 e. The van der Waals surface area contributed by atoms with E-state index in [0.29, 0.717) is 46.8 Å². The van der Waals surface area contributed by atoms with E-state index >= 15 is 0 Å². The molecule has 0 saturated carbocycles. The number of amides is 3. The number of nitrogens with two attached hydrogens (primary N) is 1. The number of thioether (sulfide) groups is 1. The van der Waals surface area contributed by atoms with E-state index in [1.54, 1.807) is 36.4 Å². The highest BCUT2D eigenvalue weighted by molar-refractivity contribution is 7.99. The first-order valence-electron chi connectivity index (χ1n) is 10.9. The lowest BCUT2D eigenvalue weighted by Gasteiger charge is -2.13. The molecule has 4 N–H and O–H groups in total. The van der Waals surface area contributed by atoms with Crippen molar-refractivity contribution in [2.45, 2.75) is 38.4 Å². The van der Waals surface area contributed by atoms with Gasteiger partial charge in [0.2, 0.25) is 11.8 Å². The van der Waals surface area contributed by atoms with Gasteiger partial charge >= 0.3 is 0 Å². The van der Waals surface area contributed by atoms with Crippen molar-refractivity contribution >= 4 is 40.9 Å².